The average Bonchev–Trinajstić information content (AvgIpc) is 3.25. The molecule has 3 N–H and O–H groups in total. The lowest BCUT2D eigenvalue weighted by Crippen LogP contribution is -2.52. The molecule has 1 fully saturated rings. The molecule has 2 heterocycles. The standard InChI is InChI=1S/C24H30N6O.HI/c1-25-24(26-12-11-19-17-27-22-10-6-5-9-21(19)22)28-18-23(31)30-15-13-29(14-16-30)20-7-3-2-4-8-20;/h2-10,17,27H,11-16,18H2,1H3,(H2,25,26,28);1H. The fourth-order valence-corrected chi connectivity index (χ4v) is 4.00. The van der Waals surface area contributed by atoms with Crippen molar-refractivity contribution in [3.05, 3.63) is 66.4 Å². The van der Waals surface area contributed by atoms with E-state index in [9.17, 15) is 4.79 Å². The molecule has 0 saturated carbocycles. The molecule has 4 rings (SSSR count). The highest BCUT2D eigenvalue weighted by molar-refractivity contribution is 14.0. The van der Waals surface area contributed by atoms with Gasteiger partial charge < -0.3 is 25.4 Å². The minimum atomic E-state index is 0. The zero-order valence-electron chi connectivity index (χ0n) is 18.4. The van der Waals surface area contributed by atoms with Gasteiger partial charge in [-0.25, -0.2) is 0 Å². The minimum Gasteiger partial charge on any atom is -0.368 e. The number of carbonyl (C=O) groups excluding carboxylic acids is 1. The Bertz CT molecular complexity index is 1030. The van der Waals surface area contributed by atoms with Gasteiger partial charge in [0.05, 0.1) is 6.54 Å². The van der Waals surface area contributed by atoms with Crippen LogP contribution in [0.3, 0.4) is 0 Å². The van der Waals surface area contributed by atoms with Crippen LogP contribution in [0.4, 0.5) is 5.69 Å². The number of guanidine groups is 1. The zero-order chi connectivity index (χ0) is 21.5. The third-order valence-corrected chi connectivity index (χ3v) is 5.75. The Balaban J connectivity index is 0.00000289. The second-order valence-electron chi connectivity index (χ2n) is 7.67. The van der Waals surface area contributed by atoms with Gasteiger partial charge in [-0.05, 0) is 30.2 Å². The quantitative estimate of drug-likeness (QED) is 0.253. The number of halogens is 1. The summed E-state index contributed by atoms with van der Waals surface area (Å²) in [5, 5.41) is 7.71. The first kappa shape index (κ1) is 23.9. The van der Waals surface area contributed by atoms with Crippen LogP contribution < -0.4 is 15.5 Å². The van der Waals surface area contributed by atoms with Crippen LogP contribution in [0.25, 0.3) is 10.9 Å². The molecule has 170 valence electrons. The van der Waals surface area contributed by atoms with E-state index in [1.54, 1.807) is 7.05 Å². The molecule has 2 aromatic carbocycles. The molecule has 0 aliphatic carbocycles. The van der Waals surface area contributed by atoms with Crippen LogP contribution in [0.15, 0.2) is 65.8 Å². The van der Waals surface area contributed by atoms with E-state index in [1.165, 1.54) is 16.6 Å². The number of hydrogen-bond acceptors (Lipinski definition) is 3. The number of anilines is 1. The number of aromatic nitrogens is 1. The number of aliphatic imine (C=N–C) groups is 1. The molecule has 0 atom stereocenters. The van der Waals surface area contributed by atoms with Crippen LogP contribution in [0.5, 0.6) is 0 Å². The first-order valence-electron chi connectivity index (χ1n) is 10.8. The topological polar surface area (TPSA) is 75.8 Å². The highest BCUT2D eigenvalue weighted by atomic mass is 127. The van der Waals surface area contributed by atoms with Crippen molar-refractivity contribution in [2.24, 2.45) is 4.99 Å². The maximum Gasteiger partial charge on any atom is 0.242 e. The van der Waals surface area contributed by atoms with E-state index in [0.29, 0.717) is 5.96 Å². The number of amides is 1. The Morgan fingerprint density at radius 1 is 1.00 bits per heavy atom. The molecule has 1 aliphatic heterocycles. The normalized spacial score (nSPS) is 14.2. The van der Waals surface area contributed by atoms with E-state index in [-0.39, 0.29) is 36.4 Å². The van der Waals surface area contributed by atoms with Gasteiger partial charge >= 0.3 is 0 Å². The largest absolute Gasteiger partial charge is 0.368 e. The molecule has 0 spiro atoms. The Morgan fingerprint density at radius 2 is 1.72 bits per heavy atom. The predicted octanol–water partition coefficient (Wildman–Crippen LogP) is 2.84. The lowest BCUT2D eigenvalue weighted by molar-refractivity contribution is -0.130. The highest BCUT2D eigenvalue weighted by Gasteiger charge is 2.21. The smallest absolute Gasteiger partial charge is 0.242 e. The van der Waals surface area contributed by atoms with Gasteiger partial charge in [-0.15, -0.1) is 24.0 Å². The van der Waals surface area contributed by atoms with Crippen LogP contribution >= 0.6 is 24.0 Å². The molecule has 0 bridgehead atoms. The van der Waals surface area contributed by atoms with Crippen molar-refractivity contribution in [1.82, 2.24) is 20.5 Å². The number of nitrogens with one attached hydrogen (secondary N) is 3. The summed E-state index contributed by atoms with van der Waals surface area (Å²) in [6.07, 6.45) is 2.93. The summed E-state index contributed by atoms with van der Waals surface area (Å²) in [6.45, 7) is 4.17. The summed E-state index contributed by atoms with van der Waals surface area (Å²) in [5.41, 5.74) is 3.64. The minimum absolute atomic E-state index is 0. The van der Waals surface area contributed by atoms with Gasteiger partial charge in [0.2, 0.25) is 5.91 Å². The van der Waals surface area contributed by atoms with Gasteiger partial charge in [0.25, 0.3) is 0 Å². The van der Waals surface area contributed by atoms with E-state index in [2.05, 4.69) is 62.0 Å². The van der Waals surface area contributed by atoms with Crippen molar-refractivity contribution in [2.75, 3.05) is 51.2 Å². The maximum absolute atomic E-state index is 12.6. The van der Waals surface area contributed by atoms with Crippen LogP contribution in [-0.4, -0.2) is 68.1 Å². The number of rotatable bonds is 6. The molecular formula is C24H31IN6O. The molecule has 7 nitrogen and oxygen atoms in total. The Morgan fingerprint density at radius 3 is 2.47 bits per heavy atom. The zero-order valence-corrected chi connectivity index (χ0v) is 20.7. The Kier molecular flexibility index (Phi) is 8.78. The van der Waals surface area contributed by atoms with E-state index < -0.39 is 0 Å². The van der Waals surface area contributed by atoms with Crippen LogP contribution in [0.1, 0.15) is 5.56 Å². The molecule has 1 aromatic heterocycles. The summed E-state index contributed by atoms with van der Waals surface area (Å²) >= 11 is 0. The van der Waals surface area contributed by atoms with Crippen molar-refractivity contribution in [1.29, 1.82) is 0 Å². The van der Waals surface area contributed by atoms with E-state index >= 15 is 0 Å². The fraction of sp³-hybridized carbons (Fsp3) is 0.333. The molecule has 8 heteroatoms. The predicted molar refractivity (Wildman–Crippen MR) is 142 cm³/mol. The van der Waals surface area contributed by atoms with Crippen LogP contribution in [0.2, 0.25) is 0 Å². The van der Waals surface area contributed by atoms with Gasteiger partial charge in [0, 0.05) is 62.6 Å². The van der Waals surface area contributed by atoms with Crippen molar-refractivity contribution in [3.63, 3.8) is 0 Å². The molecule has 1 amide bonds. The lowest BCUT2D eigenvalue weighted by Gasteiger charge is -2.36. The second kappa shape index (κ2) is 11.8. The molecule has 0 unspecified atom stereocenters. The average molecular weight is 546 g/mol. The number of benzene rings is 2. The Labute approximate surface area is 206 Å². The van der Waals surface area contributed by atoms with E-state index in [0.717, 1.165) is 44.7 Å². The first-order valence-corrected chi connectivity index (χ1v) is 10.8. The number of fused-ring (bicyclic) bond motifs is 1. The number of H-pyrrole nitrogens is 1. The molecule has 1 aliphatic rings. The van der Waals surface area contributed by atoms with Crippen molar-refractivity contribution in [3.8, 4) is 0 Å². The maximum atomic E-state index is 12.6. The van der Waals surface area contributed by atoms with Crippen LogP contribution in [0, 0.1) is 0 Å². The third-order valence-electron chi connectivity index (χ3n) is 5.75. The first-order chi connectivity index (χ1) is 15.2. The van der Waals surface area contributed by atoms with Gasteiger partial charge in [-0.2, -0.15) is 0 Å². The molecule has 1 saturated heterocycles. The van der Waals surface area contributed by atoms with Crippen LogP contribution in [-0.2, 0) is 11.2 Å². The molecule has 0 radical (unpaired) electrons. The van der Waals surface area contributed by atoms with Gasteiger partial charge in [-0.1, -0.05) is 36.4 Å². The fourth-order valence-electron chi connectivity index (χ4n) is 4.00. The molecular weight excluding hydrogens is 515 g/mol. The SMILES string of the molecule is CN=C(NCCc1c[nH]c2ccccc12)NCC(=O)N1CCN(c2ccccc2)CC1.I. The Hall–Kier alpha value is -2.75. The number of aromatic amines is 1. The summed E-state index contributed by atoms with van der Waals surface area (Å²) in [4.78, 5) is 24.4. The van der Waals surface area contributed by atoms with Gasteiger partial charge in [0.15, 0.2) is 5.96 Å². The lowest BCUT2D eigenvalue weighted by atomic mass is 10.1. The van der Waals surface area contributed by atoms with Crippen molar-refractivity contribution in [2.45, 2.75) is 6.42 Å². The monoisotopic (exact) mass is 546 g/mol. The summed E-state index contributed by atoms with van der Waals surface area (Å²) < 4.78 is 0. The van der Waals surface area contributed by atoms with Gasteiger partial charge in [0.1, 0.15) is 0 Å². The van der Waals surface area contributed by atoms with Gasteiger partial charge in [-0.3, -0.25) is 9.79 Å². The third kappa shape index (κ3) is 5.93. The van der Waals surface area contributed by atoms with E-state index in [1.807, 2.05) is 29.2 Å². The summed E-state index contributed by atoms with van der Waals surface area (Å²) in [6, 6.07) is 18.7. The second-order valence-corrected chi connectivity index (χ2v) is 7.67. The summed E-state index contributed by atoms with van der Waals surface area (Å²) in [5.74, 6) is 0.753. The number of carbonyl (C=O) groups is 1. The van der Waals surface area contributed by atoms with Crippen molar-refractivity contribution < 1.29 is 4.79 Å². The molecule has 32 heavy (non-hydrogen) atoms. The highest BCUT2D eigenvalue weighted by Crippen LogP contribution is 2.18. The van der Waals surface area contributed by atoms with E-state index in [4.69, 9.17) is 0 Å². The molecule has 3 aromatic rings. The van der Waals surface area contributed by atoms with Crippen molar-refractivity contribution >= 4 is 52.4 Å². The number of para-hydroxylation sites is 2. The number of nitrogens with zero attached hydrogens (tertiary/aromatic N) is 3. The summed E-state index contributed by atoms with van der Waals surface area (Å²) in [7, 11) is 1.73. The number of hydrogen-bond donors (Lipinski definition) is 3. The number of piperazine rings is 1.